The summed E-state index contributed by atoms with van der Waals surface area (Å²) in [5.41, 5.74) is 4.71. The molecule has 1 saturated heterocycles. The molecule has 0 spiro atoms. The number of aryl methyl sites for hydroxylation is 2. The molecule has 0 aromatic heterocycles. The van der Waals surface area contributed by atoms with E-state index >= 15 is 0 Å². The van der Waals surface area contributed by atoms with Gasteiger partial charge in [-0.1, -0.05) is 17.7 Å². The van der Waals surface area contributed by atoms with Gasteiger partial charge in [-0.25, -0.2) is 0 Å². The second-order valence-corrected chi connectivity index (χ2v) is 6.04. The molecule has 2 heterocycles. The predicted octanol–water partition coefficient (Wildman–Crippen LogP) is 2.73. The normalized spacial score (nSPS) is 26.1. The zero-order valence-corrected chi connectivity index (χ0v) is 11.8. The Kier molecular flexibility index (Phi) is 3.31. The lowest BCUT2D eigenvalue weighted by atomic mass is 9.85. The van der Waals surface area contributed by atoms with Crippen LogP contribution >= 0.6 is 0 Å². The number of carbonyl (C=O) groups excluding carboxylic acids is 1. The Bertz CT molecular complexity index is 504. The molecule has 3 rings (SSSR count). The van der Waals surface area contributed by atoms with Gasteiger partial charge in [-0.2, -0.15) is 0 Å². The highest BCUT2D eigenvalue weighted by molar-refractivity contribution is 6.03. The number of hydrogen-bond donors (Lipinski definition) is 2. The number of piperidine rings is 1. The summed E-state index contributed by atoms with van der Waals surface area (Å²) in [7, 11) is 0. The quantitative estimate of drug-likeness (QED) is 0.856. The molecule has 0 bridgehead atoms. The summed E-state index contributed by atoms with van der Waals surface area (Å²) in [4.78, 5) is 12.2. The van der Waals surface area contributed by atoms with Crippen molar-refractivity contribution in [2.75, 3.05) is 18.4 Å². The summed E-state index contributed by atoms with van der Waals surface area (Å²) >= 11 is 0. The zero-order valence-electron chi connectivity index (χ0n) is 11.8. The fourth-order valence-corrected chi connectivity index (χ4v) is 3.49. The Morgan fingerprint density at radius 2 is 2.16 bits per heavy atom. The van der Waals surface area contributed by atoms with E-state index < -0.39 is 0 Å². The van der Waals surface area contributed by atoms with Gasteiger partial charge in [-0.15, -0.1) is 0 Å². The third kappa shape index (κ3) is 2.39. The minimum absolute atomic E-state index is 0.0542. The predicted molar refractivity (Wildman–Crippen MR) is 77.5 cm³/mol. The van der Waals surface area contributed by atoms with Crippen LogP contribution in [0.2, 0.25) is 0 Å². The van der Waals surface area contributed by atoms with Gasteiger partial charge in [-0.05, 0) is 63.2 Å². The first-order valence-corrected chi connectivity index (χ1v) is 7.28. The highest BCUT2D eigenvalue weighted by Crippen LogP contribution is 2.40. The van der Waals surface area contributed by atoms with Gasteiger partial charge in [0, 0.05) is 5.69 Å². The molecule has 1 fully saturated rings. The first kappa shape index (κ1) is 12.7. The molecule has 3 nitrogen and oxygen atoms in total. The molecule has 2 aliphatic heterocycles. The Labute approximate surface area is 114 Å². The number of carbonyl (C=O) groups is 1. The van der Waals surface area contributed by atoms with Crippen molar-refractivity contribution >= 4 is 11.6 Å². The SMILES string of the molecule is Cc1cc(C)c2c(c1)C(CC1CCCNC1)C(=O)N2. The van der Waals surface area contributed by atoms with E-state index in [1.807, 2.05) is 0 Å². The van der Waals surface area contributed by atoms with Crippen molar-refractivity contribution in [3.05, 3.63) is 28.8 Å². The molecule has 1 aromatic carbocycles. The summed E-state index contributed by atoms with van der Waals surface area (Å²) in [6, 6.07) is 4.32. The highest BCUT2D eigenvalue weighted by Gasteiger charge is 2.33. The van der Waals surface area contributed by atoms with Gasteiger partial charge in [0.1, 0.15) is 0 Å². The largest absolute Gasteiger partial charge is 0.325 e. The number of amides is 1. The summed E-state index contributed by atoms with van der Waals surface area (Å²) in [5.74, 6) is 0.879. The third-order valence-corrected chi connectivity index (χ3v) is 4.42. The van der Waals surface area contributed by atoms with E-state index in [0.717, 1.165) is 25.2 Å². The molecule has 1 aromatic rings. The maximum atomic E-state index is 12.2. The van der Waals surface area contributed by atoms with Crippen LogP contribution in [0.3, 0.4) is 0 Å². The molecule has 2 N–H and O–H groups in total. The van der Waals surface area contributed by atoms with Crippen molar-refractivity contribution in [3.8, 4) is 0 Å². The minimum Gasteiger partial charge on any atom is -0.325 e. The van der Waals surface area contributed by atoms with E-state index in [2.05, 4.69) is 36.6 Å². The fraction of sp³-hybridized carbons (Fsp3) is 0.562. The lowest BCUT2D eigenvalue weighted by Crippen LogP contribution is -2.31. The number of hydrogen-bond acceptors (Lipinski definition) is 2. The second kappa shape index (κ2) is 4.97. The number of nitrogens with one attached hydrogen (secondary N) is 2. The smallest absolute Gasteiger partial charge is 0.232 e. The van der Waals surface area contributed by atoms with E-state index in [4.69, 9.17) is 0 Å². The first-order chi connectivity index (χ1) is 9.15. The van der Waals surface area contributed by atoms with Crippen molar-refractivity contribution in [2.45, 2.75) is 39.0 Å². The molecule has 2 aliphatic rings. The molecular weight excluding hydrogens is 236 g/mol. The summed E-state index contributed by atoms with van der Waals surface area (Å²) < 4.78 is 0. The van der Waals surface area contributed by atoms with E-state index in [9.17, 15) is 4.79 Å². The summed E-state index contributed by atoms with van der Waals surface area (Å²) in [6.45, 7) is 6.37. The number of benzene rings is 1. The van der Waals surface area contributed by atoms with Gasteiger partial charge in [0.2, 0.25) is 5.91 Å². The molecule has 102 valence electrons. The van der Waals surface area contributed by atoms with Crippen LogP contribution in [-0.4, -0.2) is 19.0 Å². The fourth-order valence-electron chi connectivity index (χ4n) is 3.49. The molecule has 3 heteroatoms. The van der Waals surface area contributed by atoms with Crippen molar-refractivity contribution in [1.82, 2.24) is 5.32 Å². The van der Waals surface area contributed by atoms with Crippen LogP contribution in [0.25, 0.3) is 0 Å². The van der Waals surface area contributed by atoms with Crippen LogP contribution in [0.15, 0.2) is 12.1 Å². The summed E-state index contributed by atoms with van der Waals surface area (Å²) in [5, 5.41) is 6.51. The molecule has 0 aliphatic carbocycles. The van der Waals surface area contributed by atoms with E-state index in [1.54, 1.807) is 0 Å². The lowest BCUT2D eigenvalue weighted by molar-refractivity contribution is -0.117. The van der Waals surface area contributed by atoms with Crippen molar-refractivity contribution in [3.63, 3.8) is 0 Å². The van der Waals surface area contributed by atoms with E-state index in [0.29, 0.717) is 5.92 Å². The molecule has 2 atom stereocenters. The second-order valence-electron chi connectivity index (χ2n) is 6.04. The van der Waals surface area contributed by atoms with E-state index in [-0.39, 0.29) is 11.8 Å². The average molecular weight is 258 g/mol. The van der Waals surface area contributed by atoms with Crippen LogP contribution in [0.4, 0.5) is 5.69 Å². The number of rotatable bonds is 2. The maximum Gasteiger partial charge on any atom is 0.232 e. The highest BCUT2D eigenvalue weighted by atomic mass is 16.2. The van der Waals surface area contributed by atoms with Gasteiger partial charge in [-0.3, -0.25) is 4.79 Å². The maximum absolute atomic E-state index is 12.2. The zero-order chi connectivity index (χ0) is 13.4. The number of anilines is 1. The molecule has 2 unspecified atom stereocenters. The van der Waals surface area contributed by atoms with Crippen LogP contribution in [0.5, 0.6) is 0 Å². The molecule has 19 heavy (non-hydrogen) atoms. The van der Waals surface area contributed by atoms with E-state index in [1.165, 1.54) is 29.5 Å². The van der Waals surface area contributed by atoms with Crippen LogP contribution in [0.1, 0.15) is 41.9 Å². The van der Waals surface area contributed by atoms with Gasteiger partial charge < -0.3 is 10.6 Å². The topological polar surface area (TPSA) is 41.1 Å². The van der Waals surface area contributed by atoms with Crippen molar-refractivity contribution < 1.29 is 4.79 Å². The molecule has 0 radical (unpaired) electrons. The van der Waals surface area contributed by atoms with Gasteiger partial charge in [0.15, 0.2) is 0 Å². The molecule has 0 saturated carbocycles. The Morgan fingerprint density at radius 1 is 1.32 bits per heavy atom. The van der Waals surface area contributed by atoms with Crippen LogP contribution in [0, 0.1) is 19.8 Å². The van der Waals surface area contributed by atoms with Crippen LogP contribution < -0.4 is 10.6 Å². The lowest BCUT2D eigenvalue weighted by Gasteiger charge is -2.24. The van der Waals surface area contributed by atoms with Gasteiger partial charge >= 0.3 is 0 Å². The first-order valence-electron chi connectivity index (χ1n) is 7.28. The summed E-state index contributed by atoms with van der Waals surface area (Å²) in [6.07, 6.45) is 3.46. The molecular formula is C16H22N2O. The third-order valence-electron chi connectivity index (χ3n) is 4.42. The van der Waals surface area contributed by atoms with Crippen molar-refractivity contribution in [2.24, 2.45) is 5.92 Å². The Balaban J connectivity index is 1.85. The van der Waals surface area contributed by atoms with Crippen molar-refractivity contribution in [1.29, 1.82) is 0 Å². The Hall–Kier alpha value is -1.35. The monoisotopic (exact) mass is 258 g/mol. The minimum atomic E-state index is 0.0542. The number of fused-ring (bicyclic) bond motifs is 1. The Morgan fingerprint density at radius 3 is 2.89 bits per heavy atom. The van der Waals surface area contributed by atoms with Gasteiger partial charge in [0.25, 0.3) is 0 Å². The van der Waals surface area contributed by atoms with Gasteiger partial charge in [0.05, 0.1) is 5.92 Å². The van der Waals surface area contributed by atoms with Crippen LogP contribution in [-0.2, 0) is 4.79 Å². The average Bonchev–Trinajstić information content (AvgIpc) is 2.69. The molecule has 1 amide bonds. The standard InChI is InChI=1S/C16H22N2O/c1-10-6-11(2)15-13(7-10)14(16(19)18-15)8-12-4-3-5-17-9-12/h6-7,12,14,17H,3-5,8-9H2,1-2H3,(H,18,19).